The third kappa shape index (κ3) is 6.47. The molecule has 3 aromatic heterocycles. The maximum Gasteiger partial charge on any atom is 0.189 e. The molecule has 0 aliphatic heterocycles. The normalized spacial score (nSPS) is 11.3. The molecule has 66 heavy (non-hydrogen) atoms. The maximum absolute atomic E-state index is 9.81. The first kappa shape index (κ1) is 38.3. The summed E-state index contributed by atoms with van der Waals surface area (Å²) in [5, 5.41) is 14.3. The van der Waals surface area contributed by atoms with E-state index in [4.69, 9.17) is 21.5 Å². The van der Waals surface area contributed by atoms with Crippen LogP contribution in [0, 0.1) is 17.9 Å². The van der Waals surface area contributed by atoms with E-state index in [1.165, 1.54) is 5.39 Å². The van der Waals surface area contributed by atoms with Crippen molar-refractivity contribution in [2.45, 2.75) is 0 Å². The lowest BCUT2D eigenvalue weighted by Gasteiger charge is -2.16. The molecule has 0 amide bonds. The quantitative estimate of drug-likeness (QED) is 0.150. The molecule has 3 heterocycles. The number of hydrogen-bond donors (Lipinski definition) is 0. The number of hydrogen-bond acceptors (Lipinski definition) is 4. The van der Waals surface area contributed by atoms with E-state index in [0.29, 0.717) is 28.7 Å². The van der Waals surface area contributed by atoms with Gasteiger partial charge >= 0.3 is 0 Å². The van der Waals surface area contributed by atoms with Gasteiger partial charge in [-0.1, -0.05) is 133 Å². The standard InChI is InChI=1S/C59H35N7/c1-61-45-32-38(37-60)31-44(33-45)43-27-29-55-50(35-43)48-22-12-14-24-53(48)66(55)56-30-26-42(41-25-28-54-49(34-41)47-21-11-13-23-52(47)65(54)46-19-9-4-10-20-46)36-51(56)59-63-57(39-15-5-2-6-16-39)62-58(64-59)40-17-7-3-8-18-40/h2-36H. The summed E-state index contributed by atoms with van der Waals surface area (Å²) in [6.45, 7) is 7.70. The van der Waals surface area contributed by atoms with Gasteiger partial charge in [0.05, 0.1) is 40.4 Å². The average molecular weight is 842 g/mol. The Kier molecular flexibility index (Phi) is 9.12. The van der Waals surface area contributed by atoms with E-state index in [2.05, 4.69) is 154 Å². The minimum absolute atomic E-state index is 0.430. The number of fused-ring (bicyclic) bond motifs is 6. The summed E-state index contributed by atoms with van der Waals surface area (Å²) < 4.78 is 4.64. The van der Waals surface area contributed by atoms with E-state index in [0.717, 1.165) is 88.5 Å². The first-order valence-corrected chi connectivity index (χ1v) is 21.7. The van der Waals surface area contributed by atoms with Crippen molar-refractivity contribution in [2.24, 2.45) is 0 Å². The van der Waals surface area contributed by atoms with Crippen molar-refractivity contribution in [1.82, 2.24) is 24.1 Å². The summed E-state index contributed by atoms with van der Waals surface area (Å²) in [5.74, 6) is 1.70. The second kappa shape index (κ2) is 15.7. The van der Waals surface area contributed by atoms with Crippen molar-refractivity contribution in [1.29, 1.82) is 5.26 Å². The fraction of sp³-hybridized carbons (Fsp3) is 0. The summed E-state index contributed by atoms with van der Waals surface area (Å²) in [6, 6.07) is 74.9. The summed E-state index contributed by atoms with van der Waals surface area (Å²) >= 11 is 0. The maximum atomic E-state index is 9.81. The number of benzene rings is 9. The number of aromatic nitrogens is 5. The highest BCUT2D eigenvalue weighted by Crippen LogP contribution is 2.41. The van der Waals surface area contributed by atoms with E-state index < -0.39 is 0 Å². The van der Waals surface area contributed by atoms with Crippen molar-refractivity contribution < 1.29 is 0 Å². The second-order valence-electron chi connectivity index (χ2n) is 16.3. The molecule has 0 N–H and O–H groups in total. The molecule has 306 valence electrons. The molecular formula is C59H35N7. The van der Waals surface area contributed by atoms with Gasteiger partial charge in [0.25, 0.3) is 0 Å². The summed E-state index contributed by atoms with van der Waals surface area (Å²) in [5.41, 5.74) is 13.6. The molecular weight excluding hydrogens is 807 g/mol. The van der Waals surface area contributed by atoms with Crippen molar-refractivity contribution >= 4 is 49.3 Å². The average Bonchev–Trinajstić information content (AvgIpc) is 3.91. The first-order valence-electron chi connectivity index (χ1n) is 21.7. The summed E-state index contributed by atoms with van der Waals surface area (Å²) in [7, 11) is 0. The van der Waals surface area contributed by atoms with Crippen LogP contribution in [-0.2, 0) is 0 Å². The molecule has 7 nitrogen and oxygen atoms in total. The molecule has 9 aromatic carbocycles. The number of nitriles is 1. The molecule has 0 aliphatic carbocycles. The van der Waals surface area contributed by atoms with Gasteiger partial charge in [0, 0.05) is 49.5 Å². The number of para-hydroxylation sites is 3. The van der Waals surface area contributed by atoms with Crippen molar-refractivity contribution in [2.75, 3.05) is 0 Å². The summed E-state index contributed by atoms with van der Waals surface area (Å²) in [4.78, 5) is 19.3. The minimum Gasteiger partial charge on any atom is -0.309 e. The van der Waals surface area contributed by atoms with Crippen LogP contribution < -0.4 is 0 Å². The number of rotatable bonds is 7. The summed E-state index contributed by atoms with van der Waals surface area (Å²) in [6.07, 6.45) is 0. The molecule has 0 radical (unpaired) electrons. The van der Waals surface area contributed by atoms with Crippen LogP contribution in [0.4, 0.5) is 5.69 Å². The van der Waals surface area contributed by atoms with E-state index >= 15 is 0 Å². The molecule has 0 atom stereocenters. The van der Waals surface area contributed by atoms with Crippen molar-refractivity contribution in [3.05, 3.63) is 229 Å². The van der Waals surface area contributed by atoms with Crippen LogP contribution in [0.15, 0.2) is 212 Å². The van der Waals surface area contributed by atoms with Crippen molar-refractivity contribution in [3.8, 4) is 73.9 Å². The molecule has 0 fully saturated rings. The van der Waals surface area contributed by atoms with Crippen LogP contribution in [0.3, 0.4) is 0 Å². The van der Waals surface area contributed by atoms with Gasteiger partial charge in [-0.05, 0) is 101 Å². The zero-order valence-corrected chi connectivity index (χ0v) is 35.3. The lowest BCUT2D eigenvalue weighted by atomic mass is 9.99. The topological polar surface area (TPSA) is 76.7 Å². The van der Waals surface area contributed by atoms with Gasteiger partial charge in [0.15, 0.2) is 23.2 Å². The van der Waals surface area contributed by atoms with Crippen LogP contribution >= 0.6 is 0 Å². The lowest BCUT2D eigenvalue weighted by molar-refractivity contribution is 1.06. The van der Waals surface area contributed by atoms with Gasteiger partial charge in [0.2, 0.25) is 0 Å². The highest BCUT2D eigenvalue weighted by Gasteiger charge is 2.22. The molecule has 12 rings (SSSR count). The number of nitrogens with zero attached hydrogens (tertiary/aromatic N) is 7. The van der Waals surface area contributed by atoms with Crippen molar-refractivity contribution in [3.63, 3.8) is 0 Å². The molecule has 0 spiro atoms. The molecule has 7 heteroatoms. The van der Waals surface area contributed by atoms with E-state index in [9.17, 15) is 5.26 Å². The second-order valence-corrected chi connectivity index (χ2v) is 16.3. The third-order valence-corrected chi connectivity index (χ3v) is 12.4. The van der Waals surface area contributed by atoms with E-state index in [1.54, 1.807) is 6.07 Å². The Labute approximate surface area is 380 Å². The Morgan fingerprint density at radius 2 is 0.879 bits per heavy atom. The fourth-order valence-electron chi connectivity index (χ4n) is 9.35. The first-order chi connectivity index (χ1) is 32.6. The van der Waals surface area contributed by atoms with Gasteiger partial charge in [0.1, 0.15) is 0 Å². The van der Waals surface area contributed by atoms with Gasteiger partial charge in [-0.15, -0.1) is 0 Å². The van der Waals surface area contributed by atoms with Crippen LogP contribution in [0.25, 0.3) is 116 Å². The van der Waals surface area contributed by atoms with Crippen LogP contribution in [0.5, 0.6) is 0 Å². The predicted molar refractivity (Wildman–Crippen MR) is 267 cm³/mol. The van der Waals surface area contributed by atoms with Crippen LogP contribution in [0.1, 0.15) is 5.56 Å². The van der Waals surface area contributed by atoms with Crippen LogP contribution in [-0.4, -0.2) is 24.1 Å². The highest BCUT2D eigenvalue weighted by molar-refractivity contribution is 6.12. The Bertz CT molecular complexity index is 3860. The molecule has 0 aliphatic rings. The van der Waals surface area contributed by atoms with Gasteiger partial charge < -0.3 is 9.13 Å². The Morgan fingerprint density at radius 3 is 1.48 bits per heavy atom. The van der Waals surface area contributed by atoms with E-state index in [1.807, 2.05) is 72.8 Å². The van der Waals surface area contributed by atoms with Gasteiger partial charge in [-0.2, -0.15) is 5.26 Å². The zero-order chi connectivity index (χ0) is 44.1. The SMILES string of the molecule is [C-]#[N+]c1cc(C#N)cc(-c2ccc3c(c2)c2ccccc2n3-c2ccc(-c3ccc4c(c3)c3ccccc3n4-c3ccccc3)cc2-c2nc(-c3ccccc3)nc(-c3ccccc3)n2)c1. The largest absolute Gasteiger partial charge is 0.309 e. The van der Waals surface area contributed by atoms with E-state index in [-0.39, 0.29) is 0 Å². The Hall–Kier alpha value is -9.43. The Morgan fingerprint density at radius 1 is 0.394 bits per heavy atom. The van der Waals surface area contributed by atoms with Crippen LogP contribution in [0.2, 0.25) is 0 Å². The third-order valence-electron chi connectivity index (χ3n) is 12.4. The zero-order valence-electron chi connectivity index (χ0n) is 35.3. The van der Waals surface area contributed by atoms with Gasteiger partial charge in [-0.3, -0.25) is 0 Å². The molecule has 0 saturated heterocycles. The monoisotopic (exact) mass is 841 g/mol. The fourth-order valence-corrected chi connectivity index (χ4v) is 9.35. The molecule has 0 saturated carbocycles. The lowest BCUT2D eigenvalue weighted by Crippen LogP contribution is -2.04. The van der Waals surface area contributed by atoms with Gasteiger partial charge in [-0.25, -0.2) is 19.8 Å². The molecule has 12 aromatic rings. The smallest absolute Gasteiger partial charge is 0.189 e. The molecule has 0 bridgehead atoms. The molecule has 0 unspecified atom stereocenters. The minimum atomic E-state index is 0.430. The predicted octanol–water partition coefficient (Wildman–Crippen LogP) is 14.8. The Balaban J connectivity index is 1.12. The highest BCUT2D eigenvalue weighted by atomic mass is 15.1.